The van der Waals surface area contributed by atoms with Crippen molar-refractivity contribution in [3.05, 3.63) is 0 Å². The third kappa shape index (κ3) is 4.21. The maximum absolute atomic E-state index is 7.44. The SMILES string of the molecule is CN(C)C(=N)SC(=S)N(C)C. The maximum Gasteiger partial charge on any atom is 0.162 e. The van der Waals surface area contributed by atoms with Crippen molar-refractivity contribution in [2.75, 3.05) is 28.2 Å². The zero-order valence-corrected chi connectivity index (χ0v) is 8.84. The minimum absolute atomic E-state index is 0.462. The van der Waals surface area contributed by atoms with E-state index in [-0.39, 0.29) is 0 Å². The van der Waals surface area contributed by atoms with Crippen LogP contribution >= 0.6 is 24.0 Å². The van der Waals surface area contributed by atoms with Gasteiger partial charge in [0.05, 0.1) is 0 Å². The van der Waals surface area contributed by atoms with E-state index in [4.69, 9.17) is 17.6 Å². The second kappa shape index (κ2) is 4.56. The fourth-order valence-corrected chi connectivity index (χ4v) is 1.03. The summed E-state index contributed by atoms with van der Waals surface area (Å²) in [5.41, 5.74) is 0. The molecule has 1 N–H and O–H groups in total. The number of nitrogens with one attached hydrogen (secondary N) is 1. The van der Waals surface area contributed by atoms with Crippen molar-refractivity contribution < 1.29 is 0 Å². The Kier molecular flexibility index (Phi) is 4.44. The van der Waals surface area contributed by atoms with Gasteiger partial charge in [-0.15, -0.1) is 0 Å². The molecule has 0 saturated carbocycles. The molecular formula is C6H13N3S2. The van der Waals surface area contributed by atoms with E-state index in [0.717, 1.165) is 0 Å². The van der Waals surface area contributed by atoms with Gasteiger partial charge in [-0.2, -0.15) is 0 Å². The number of nitrogens with zero attached hydrogens (tertiary/aromatic N) is 2. The summed E-state index contributed by atoms with van der Waals surface area (Å²) in [7, 11) is 7.40. The van der Waals surface area contributed by atoms with Gasteiger partial charge in [-0.3, -0.25) is 5.41 Å². The van der Waals surface area contributed by atoms with Crippen molar-refractivity contribution in [3.8, 4) is 0 Å². The Morgan fingerprint density at radius 1 is 1.18 bits per heavy atom. The van der Waals surface area contributed by atoms with Gasteiger partial charge in [-0.1, -0.05) is 12.2 Å². The first kappa shape index (κ1) is 10.7. The van der Waals surface area contributed by atoms with E-state index >= 15 is 0 Å². The summed E-state index contributed by atoms with van der Waals surface area (Å²) < 4.78 is 0.712. The molecule has 5 heteroatoms. The quantitative estimate of drug-likeness (QED) is 0.352. The predicted molar refractivity (Wildman–Crippen MR) is 55.3 cm³/mol. The third-order valence-corrected chi connectivity index (χ3v) is 2.67. The molecular weight excluding hydrogens is 178 g/mol. The Morgan fingerprint density at radius 2 is 1.64 bits per heavy atom. The molecule has 0 unspecified atom stereocenters. The molecule has 0 heterocycles. The number of hydrogen-bond acceptors (Lipinski definition) is 3. The van der Waals surface area contributed by atoms with Crippen LogP contribution in [0.2, 0.25) is 0 Å². The van der Waals surface area contributed by atoms with E-state index in [1.807, 2.05) is 33.1 Å². The predicted octanol–water partition coefficient (Wildman–Crippen LogP) is 1.06. The monoisotopic (exact) mass is 191 g/mol. The Labute approximate surface area is 77.3 Å². The smallest absolute Gasteiger partial charge is 0.162 e. The molecule has 0 aliphatic rings. The van der Waals surface area contributed by atoms with Gasteiger partial charge in [0.25, 0.3) is 0 Å². The topological polar surface area (TPSA) is 30.3 Å². The molecule has 0 atom stereocenters. The van der Waals surface area contributed by atoms with Gasteiger partial charge in [-0.25, -0.2) is 0 Å². The number of hydrogen-bond donors (Lipinski definition) is 1. The molecule has 0 spiro atoms. The highest BCUT2D eigenvalue weighted by molar-refractivity contribution is 8.32. The molecule has 0 aromatic heterocycles. The van der Waals surface area contributed by atoms with Crippen LogP contribution < -0.4 is 0 Å². The Hall–Kier alpha value is -0.290. The minimum Gasteiger partial charge on any atom is -0.363 e. The summed E-state index contributed by atoms with van der Waals surface area (Å²) in [4.78, 5) is 3.54. The first-order valence-electron chi connectivity index (χ1n) is 3.10. The number of thiocarbonyl (C=S) groups is 1. The second-order valence-corrected chi connectivity index (χ2v) is 4.08. The lowest BCUT2D eigenvalue weighted by Gasteiger charge is -2.16. The second-order valence-electron chi connectivity index (χ2n) is 2.46. The molecule has 0 aromatic carbocycles. The molecule has 0 aromatic rings. The molecule has 0 saturated heterocycles. The summed E-state index contributed by atoms with van der Waals surface area (Å²) in [6.07, 6.45) is 0. The molecule has 0 fully saturated rings. The van der Waals surface area contributed by atoms with Gasteiger partial charge in [0.2, 0.25) is 0 Å². The molecule has 11 heavy (non-hydrogen) atoms. The van der Waals surface area contributed by atoms with Crippen LogP contribution in [0, 0.1) is 5.41 Å². The highest BCUT2D eigenvalue weighted by atomic mass is 32.2. The van der Waals surface area contributed by atoms with Gasteiger partial charge in [0.1, 0.15) is 4.32 Å². The first-order chi connectivity index (χ1) is 4.95. The van der Waals surface area contributed by atoms with Crippen LogP contribution in [-0.4, -0.2) is 47.5 Å². The minimum atomic E-state index is 0.462. The summed E-state index contributed by atoms with van der Waals surface area (Å²) in [6, 6.07) is 0. The Morgan fingerprint density at radius 3 is 1.91 bits per heavy atom. The largest absolute Gasteiger partial charge is 0.363 e. The van der Waals surface area contributed by atoms with Crippen molar-refractivity contribution in [1.82, 2.24) is 9.80 Å². The van der Waals surface area contributed by atoms with E-state index in [0.29, 0.717) is 9.49 Å². The molecule has 0 rings (SSSR count). The summed E-state index contributed by atoms with van der Waals surface area (Å²) >= 11 is 6.28. The fraction of sp³-hybridized carbons (Fsp3) is 0.667. The standard InChI is InChI=1S/C6H13N3S2/c1-8(2)5(7)11-6(10)9(3)4/h7H,1-4H3. The lowest BCUT2D eigenvalue weighted by atomic mass is 10.9. The molecule has 0 aliphatic carbocycles. The van der Waals surface area contributed by atoms with E-state index in [1.54, 1.807) is 4.90 Å². The molecule has 64 valence electrons. The lowest BCUT2D eigenvalue weighted by Crippen LogP contribution is -2.24. The van der Waals surface area contributed by atoms with Gasteiger partial charge < -0.3 is 9.80 Å². The summed E-state index contributed by atoms with van der Waals surface area (Å²) in [5.74, 6) is 0. The van der Waals surface area contributed by atoms with E-state index in [9.17, 15) is 0 Å². The fourth-order valence-electron chi connectivity index (χ4n) is 0.265. The lowest BCUT2D eigenvalue weighted by molar-refractivity contribution is 0.630. The number of rotatable bonds is 0. The van der Waals surface area contributed by atoms with Crippen molar-refractivity contribution in [2.45, 2.75) is 0 Å². The van der Waals surface area contributed by atoms with Crippen LogP contribution in [0.3, 0.4) is 0 Å². The molecule has 0 amide bonds. The number of amidine groups is 1. The molecule has 3 nitrogen and oxygen atoms in total. The Balaban J connectivity index is 3.86. The zero-order chi connectivity index (χ0) is 9.02. The molecule has 0 aliphatic heterocycles. The van der Waals surface area contributed by atoms with Crippen molar-refractivity contribution in [3.63, 3.8) is 0 Å². The molecule has 0 radical (unpaired) electrons. The van der Waals surface area contributed by atoms with Gasteiger partial charge >= 0.3 is 0 Å². The normalized spacial score (nSPS) is 9.09. The van der Waals surface area contributed by atoms with Gasteiger partial charge in [0.15, 0.2) is 5.17 Å². The van der Waals surface area contributed by atoms with Crippen LogP contribution in [0.4, 0.5) is 0 Å². The average Bonchev–Trinajstić information content (AvgIpc) is 1.87. The van der Waals surface area contributed by atoms with E-state index in [1.165, 1.54) is 11.8 Å². The highest BCUT2D eigenvalue weighted by Gasteiger charge is 2.05. The van der Waals surface area contributed by atoms with E-state index in [2.05, 4.69) is 0 Å². The number of thioether (sulfide) groups is 1. The van der Waals surface area contributed by atoms with Crippen molar-refractivity contribution in [1.29, 1.82) is 5.41 Å². The van der Waals surface area contributed by atoms with Crippen LogP contribution in [0.25, 0.3) is 0 Å². The van der Waals surface area contributed by atoms with Crippen molar-refractivity contribution >= 4 is 33.5 Å². The Bertz CT molecular complexity index is 147. The highest BCUT2D eigenvalue weighted by Crippen LogP contribution is 2.08. The first-order valence-corrected chi connectivity index (χ1v) is 4.32. The van der Waals surface area contributed by atoms with Crippen LogP contribution in [0.1, 0.15) is 0 Å². The van der Waals surface area contributed by atoms with E-state index < -0.39 is 0 Å². The van der Waals surface area contributed by atoms with Crippen LogP contribution in [-0.2, 0) is 0 Å². The molecule has 0 bridgehead atoms. The average molecular weight is 191 g/mol. The summed E-state index contributed by atoms with van der Waals surface area (Å²) in [5, 5.41) is 7.90. The van der Waals surface area contributed by atoms with Gasteiger partial charge in [-0.05, 0) is 11.8 Å². The maximum atomic E-state index is 7.44. The van der Waals surface area contributed by atoms with Crippen LogP contribution in [0.5, 0.6) is 0 Å². The summed E-state index contributed by atoms with van der Waals surface area (Å²) in [6.45, 7) is 0. The van der Waals surface area contributed by atoms with Gasteiger partial charge in [0, 0.05) is 28.2 Å². The zero-order valence-electron chi connectivity index (χ0n) is 7.21. The van der Waals surface area contributed by atoms with Crippen molar-refractivity contribution in [2.24, 2.45) is 0 Å². The third-order valence-electron chi connectivity index (χ3n) is 0.955. The van der Waals surface area contributed by atoms with Crippen LogP contribution in [0.15, 0.2) is 0 Å².